The molecule has 1 aliphatic heterocycles. The largest absolute Gasteiger partial charge is 0.264 e. The van der Waals surface area contributed by atoms with Crippen molar-refractivity contribution in [1.29, 1.82) is 0 Å². The summed E-state index contributed by atoms with van der Waals surface area (Å²) >= 11 is 0. The van der Waals surface area contributed by atoms with E-state index in [9.17, 15) is 0 Å². The molecule has 46 heavy (non-hydrogen) atoms. The predicted octanol–water partition coefficient (Wildman–Crippen LogP) is 10.6. The van der Waals surface area contributed by atoms with Gasteiger partial charge < -0.3 is 0 Å². The first-order chi connectivity index (χ1) is 22.8. The molecule has 1 aromatic heterocycles. The Hall–Kier alpha value is -5.93. The van der Waals surface area contributed by atoms with Gasteiger partial charge >= 0.3 is 0 Å². The molecule has 3 nitrogen and oxygen atoms in total. The summed E-state index contributed by atoms with van der Waals surface area (Å²) < 4.78 is 0. The fourth-order valence-corrected chi connectivity index (χ4v) is 6.31. The van der Waals surface area contributed by atoms with Gasteiger partial charge in [0.25, 0.3) is 0 Å². The summed E-state index contributed by atoms with van der Waals surface area (Å²) in [5.41, 5.74) is 11.4. The highest BCUT2D eigenvalue weighted by Crippen LogP contribution is 2.33. The monoisotopic (exact) mass is 589 g/mol. The molecule has 0 bridgehead atoms. The van der Waals surface area contributed by atoms with E-state index in [0.29, 0.717) is 0 Å². The van der Waals surface area contributed by atoms with Gasteiger partial charge in [-0.3, -0.25) is 9.98 Å². The van der Waals surface area contributed by atoms with Crippen LogP contribution in [-0.2, 0) is 0 Å². The molecule has 0 spiro atoms. The van der Waals surface area contributed by atoms with E-state index >= 15 is 0 Å². The highest BCUT2D eigenvalue weighted by molar-refractivity contribution is 6.14. The van der Waals surface area contributed by atoms with Crippen LogP contribution < -0.4 is 0 Å². The molecule has 1 aliphatic rings. The molecule has 218 valence electrons. The third-order valence-corrected chi connectivity index (χ3v) is 8.74. The van der Waals surface area contributed by atoms with Crippen molar-refractivity contribution in [3.05, 3.63) is 187 Å². The normalized spacial score (nSPS) is 14.5. The number of rotatable bonds is 6. The molecule has 2 heterocycles. The van der Waals surface area contributed by atoms with Gasteiger partial charge in [-0.1, -0.05) is 146 Å². The maximum absolute atomic E-state index is 5.26. The van der Waals surface area contributed by atoms with Gasteiger partial charge in [0.05, 0.1) is 11.8 Å². The van der Waals surface area contributed by atoms with E-state index in [0.717, 1.165) is 40.2 Å². The summed E-state index contributed by atoms with van der Waals surface area (Å²) in [6.45, 7) is 0. The van der Waals surface area contributed by atoms with Crippen LogP contribution in [0.25, 0.3) is 44.2 Å². The molecule has 0 N–H and O–H groups in total. The van der Waals surface area contributed by atoms with Gasteiger partial charge in [0.1, 0.15) is 0 Å². The van der Waals surface area contributed by atoms with Crippen molar-refractivity contribution >= 4 is 22.3 Å². The standard InChI is InChI=1S/C43H31N3/c1-2-9-30(10-3-1)31-18-22-34(23-19-31)41-28-42(37-14-6-13-36(27-37)38-15-8-26-44-29-38)46-43(45-41)35-24-20-33(21-25-35)40-17-7-12-32-11-4-5-16-39(32)40/h1-27,29,42H,28H2. The number of hydrogen-bond donors (Lipinski definition) is 0. The Kier molecular flexibility index (Phi) is 7.33. The highest BCUT2D eigenvalue weighted by atomic mass is 15.0. The van der Waals surface area contributed by atoms with Crippen molar-refractivity contribution < 1.29 is 0 Å². The lowest BCUT2D eigenvalue weighted by Gasteiger charge is -2.22. The topological polar surface area (TPSA) is 37.6 Å². The number of pyridine rings is 1. The molecule has 7 aromatic rings. The van der Waals surface area contributed by atoms with Crippen molar-refractivity contribution in [2.75, 3.05) is 0 Å². The molecular formula is C43H31N3. The van der Waals surface area contributed by atoms with Crippen LogP contribution in [-0.4, -0.2) is 16.5 Å². The molecule has 0 amide bonds. The third kappa shape index (κ3) is 5.55. The van der Waals surface area contributed by atoms with Gasteiger partial charge in [-0.2, -0.15) is 0 Å². The van der Waals surface area contributed by atoms with E-state index in [2.05, 4.69) is 151 Å². The molecule has 8 rings (SSSR count). The van der Waals surface area contributed by atoms with Crippen LogP contribution in [0.1, 0.15) is 29.2 Å². The van der Waals surface area contributed by atoms with Crippen molar-refractivity contribution in [3.63, 3.8) is 0 Å². The Labute approximate surface area is 269 Å². The van der Waals surface area contributed by atoms with Crippen LogP contribution in [0.2, 0.25) is 0 Å². The maximum atomic E-state index is 5.26. The molecule has 0 aliphatic carbocycles. The zero-order valence-electron chi connectivity index (χ0n) is 25.3. The molecule has 0 fully saturated rings. The molecule has 0 radical (unpaired) electrons. The summed E-state index contributed by atoms with van der Waals surface area (Å²) in [4.78, 5) is 14.8. The lowest BCUT2D eigenvalue weighted by atomic mass is 9.92. The second kappa shape index (κ2) is 12.2. The first-order valence-corrected chi connectivity index (χ1v) is 15.7. The van der Waals surface area contributed by atoms with Crippen molar-refractivity contribution in [2.24, 2.45) is 9.98 Å². The quantitative estimate of drug-likeness (QED) is 0.190. The van der Waals surface area contributed by atoms with E-state index in [4.69, 9.17) is 9.98 Å². The van der Waals surface area contributed by atoms with Gasteiger partial charge in [0.15, 0.2) is 5.84 Å². The highest BCUT2D eigenvalue weighted by Gasteiger charge is 2.23. The van der Waals surface area contributed by atoms with Gasteiger partial charge in [0.2, 0.25) is 0 Å². The first kappa shape index (κ1) is 27.6. The number of nitrogens with zero attached hydrogens (tertiary/aromatic N) is 3. The fraction of sp³-hybridized carbons (Fsp3) is 0.0465. The van der Waals surface area contributed by atoms with Crippen LogP contribution in [0.4, 0.5) is 0 Å². The van der Waals surface area contributed by atoms with Crippen molar-refractivity contribution in [3.8, 4) is 33.4 Å². The van der Waals surface area contributed by atoms with E-state index in [1.54, 1.807) is 0 Å². The van der Waals surface area contributed by atoms with E-state index in [1.165, 1.54) is 38.6 Å². The second-order valence-electron chi connectivity index (χ2n) is 11.6. The second-order valence-corrected chi connectivity index (χ2v) is 11.6. The fourth-order valence-electron chi connectivity index (χ4n) is 6.31. The van der Waals surface area contributed by atoms with Crippen LogP contribution in [0.15, 0.2) is 180 Å². The zero-order chi connectivity index (χ0) is 30.7. The van der Waals surface area contributed by atoms with Gasteiger partial charge in [-0.05, 0) is 67.4 Å². The number of aliphatic imine (C=N–C) groups is 2. The predicted molar refractivity (Wildman–Crippen MR) is 191 cm³/mol. The molecule has 1 atom stereocenters. The van der Waals surface area contributed by atoms with Gasteiger partial charge in [-0.15, -0.1) is 0 Å². The summed E-state index contributed by atoms with van der Waals surface area (Å²) in [5.74, 6) is 0.759. The number of amidine groups is 1. The molecule has 1 unspecified atom stereocenters. The lowest BCUT2D eigenvalue weighted by molar-refractivity contribution is 0.754. The molecule has 6 aromatic carbocycles. The average Bonchev–Trinajstić information content (AvgIpc) is 3.15. The van der Waals surface area contributed by atoms with Crippen LogP contribution in [0.5, 0.6) is 0 Å². The van der Waals surface area contributed by atoms with Crippen LogP contribution in [0.3, 0.4) is 0 Å². The number of hydrogen-bond acceptors (Lipinski definition) is 3. The van der Waals surface area contributed by atoms with E-state index in [-0.39, 0.29) is 6.04 Å². The Morgan fingerprint density at radius 1 is 0.478 bits per heavy atom. The van der Waals surface area contributed by atoms with Crippen molar-refractivity contribution in [1.82, 2.24) is 4.98 Å². The minimum Gasteiger partial charge on any atom is -0.264 e. The van der Waals surface area contributed by atoms with Crippen LogP contribution in [0, 0.1) is 0 Å². The summed E-state index contributed by atoms with van der Waals surface area (Å²) in [6, 6.07) is 55.6. The average molecular weight is 590 g/mol. The summed E-state index contributed by atoms with van der Waals surface area (Å²) in [7, 11) is 0. The zero-order valence-corrected chi connectivity index (χ0v) is 25.3. The molecule has 0 saturated heterocycles. The molecule has 3 heteroatoms. The minimum atomic E-state index is -0.0642. The molecule has 0 saturated carbocycles. The Morgan fingerprint density at radius 2 is 1.13 bits per heavy atom. The number of aromatic nitrogens is 1. The number of fused-ring (bicyclic) bond motifs is 1. The van der Waals surface area contributed by atoms with E-state index < -0.39 is 0 Å². The van der Waals surface area contributed by atoms with Gasteiger partial charge in [-0.25, -0.2) is 4.99 Å². The number of benzene rings is 6. The smallest absolute Gasteiger partial charge is 0.155 e. The Bertz CT molecular complexity index is 2190. The van der Waals surface area contributed by atoms with Gasteiger partial charge in [0, 0.05) is 24.4 Å². The SMILES string of the molecule is c1ccc(-c2ccc(C3=NC(c4ccc(-c5cccc6ccccc56)cc4)=NC(c4cccc(-c5cccnc5)c4)C3)cc2)cc1. The molecular weight excluding hydrogens is 558 g/mol. The summed E-state index contributed by atoms with van der Waals surface area (Å²) in [6.07, 6.45) is 4.44. The minimum absolute atomic E-state index is 0.0642. The van der Waals surface area contributed by atoms with Crippen molar-refractivity contribution in [2.45, 2.75) is 12.5 Å². The lowest BCUT2D eigenvalue weighted by Crippen LogP contribution is -2.17. The first-order valence-electron chi connectivity index (χ1n) is 15.7. The van der Waals surface area contributed by atoms with Crippen LogP contribution >= 0.6 is 0 Å². The maximum Gasteiger partial charge on any atom is 0.155 e. The van der Waals surface area contributed by atoms with E-state index in [1.807, 2.05) is 24.5 Å². The Morgan fingerprint density at radius 3 is 1.96 bits per heavy atom. The third-order valence-electron chi connectivity index (χ3n) is 8.74. The Balaban J connectivity index is 1.18. The summed E-state index contributed by atoms with van der Waals surface area (Å²) in [5, 5.41) is 2.49.